The van der Waals surface area contributed by atoms with Gasteiger partial charge in [-0.2, -0.15) is 0 Å². The van der Waals surface area contributed by atoms with Crippen LogP contribution in [-0.2, 0) is 10.0 Å². The van der Waals surface area contributed by atoms with Crippen LogP contribution >= 0.6 is 11.6 Å². The van der Waals surface area contributed by atoms with Crippen LogP contribution in [0.3, 0.4) is 0 Å². The van der Waals surface area contributed by atoms with Crippen molar-refractivity contribution in [2.24, 2.45) is 0 Å². The highest BCUT2D eigenvalue weighted by Crippen LogP contribution is 2.29. The molecule has 0 fully saturated rings. The lowest BCUT2D eigenvalue weighted by Gasteiger charge is -2.10. The highest BCUT2D eigenvalue weighted by atomic mass is 35.5. The number of benzene rings is 2. The van der Waals surface area contributed by atoms with E-state index in [2.05, 4.69) is 28.9 Å². The van der Waals surface area contributed by atoms with Gasteiger partial charge in [-0.05, 0) is 61.6 Å². The normalized spacial score (nSPS) is 10.7. The first kappa shape index (κ1) is 23.5. The Morgan fingerprint density at radius 3 is 2.27 bits per heavy atom. The number of rotatable bonds is 5. The van der Waals surface area contributed by atoms with Crippen LogP contribution in [0.2, 0.25) is 5.02 Å². The number of hydrogen-bond acceptors (Lipinski definition) is 4. The fourth-order valence-corrected chi connectivity index (χ4v) is 3.37. The Labute approximate surface area is 182 Å². The van der Waals surface area contributed by atoms with Crippen molar-refractivity contribution in [1.29, 1.82) is 0 Å². The van der Waals surface area contributed by atoms with Crippen LogP contribution < -0.4 is 10.0 Å². The summed E-state index contributed by atoms with van der Waals surface area (Å²) in [5.74, 6) is -0.363. The monoisotopic (exact) mass is 445 g/mol. The maximum Gasteiger partial charge on any atom is 0.255 e. The predicted molar refractivity (Wildman–Crippen MR) is 121 cm³/mol. The van der Waals surface area contributed by atoms with Crippen molar-refractivity contribution >= 4 is 33.2 Å². The van der Waals surface area contributed by atoms with E-state index < -0.39 is 10.0 Å². The van der Waals surface area contributed by atoms with Crippen LogP contribution in [0.1, 0.15) is 30.6 Å². The number of carbonyl (C=O) groups excluding carboxylic acids is 1. The second-order valence-corrected chi connectivity index (χ2v) is 8.60. The van der Waals surface area contributed by atoms with Crippen molar-refractivity contribution in [2.45, 2.75) is 25.2 Å². The molecule has 6 nitrogen and oxygen atoms in total. The summed E-state index contributed by atoms with van der Waals surface area (Å²) in [5.41, 5.74) is 2.28. The molecule has 0 saturated heterocycles. The molecule has 0 radical (unpaired) electrons. The summed E-state index contributed by atoms with van der Waals surface area (Å²) >= 11 is 6.24. The number of carbonyl (C=O) groups is 1. The van der Waals surface area contributed by atoms with Crippen molar-refractivity contribution in [1.82, 2.24) is 9.71 Å². The predicted octanol–water partition coefficient (Wildman–Crippen LogP) is 4.98. The van der Waals surface area contributed by atoms with Gasteiger partial charge in [0.2, 0.25) is 10.0 Å². The van der Waals surface area contributed by atoms with Crippen molar-refractivity contribution in [3.8, 4) is 11.3 Å². The Hall–Kier alpha value is -2.74. The molecule has 0 aliphatic heterocycles. The van der Waals surface area contributed by atoms with E-state index >= 15 is 0 Å². The van der Waals surface area contributed by atoms with Gasteiger partial charge in [0.15, 0.2) is 0 Å². The standard InChI is InChI=1S/C19H16ClN3O3S.C3H8/c1-21-27(25,26)15-8-5-13(6-9-15)19(24)23-14-7-10-17(20)16(12-14)18-4-2-3-11-22-18;1-3-2/h2-12,21H,1H3,(H,23,24);3H2,1-2H3. The maximum absolute atomic E-state index is 12.5. The van der Waals surface area contributed by atoms with Crippen LogP contribution in [0.25, 0.3) is 11.3 Å². The summed E-state index contributed by atoms with van der Waals surface area (Å²) in [5, 5.41) is 3.30. The van der Waals surface area contributed by atoms with Crippen LogP contribution in [0.4, 0.5) is 5.69 Å². The number of amides is 1. The van der Waals surface area contributed by atoms with E-state index in [0.29, 0.717) is 27.5 Å². The lowest BCUT2D eigenvalue weighted by atomic mass is 10.1. The molecule has 1 aromatic heterocycles. The molecule has 0 unspecified atom stereocenters. The van der Waals surface area contributed by atoms with Crippen molar-refractivity contribution in [3.05, 3.63) is 77.4 Å². The van der Waals surface area contributed by atoms with Crippen LogP contribution in [-0.4, -0.2) is 26.4 Å². The number of halogens is 1. The molecule has 2 aromatic carbocycles. The SMILES string of the molecule is CCC.CNS(=O)(=O)c1ccc(C(=O)Nc2ccc(Cl)c(-c3ccccn3)c2)cc1. The van der Waals surface area contributed by atoms with E-state index in [4.69, 9.17) is 11.6 Å². The summed E-state index contributed by atoms with van der Waals surface area (Å²) < 4.78 is 25.7. The van der Waals surface area contributed by atoms with E-state index in [9.17, 15) is 13.2 Å². The molecule has 0 saturated carbocycles. The number of hydrogen-bond donors (Lipinski definition) is 2. The van der Waals surface area contributed by atoms with Gasteiger partial charge in [-0.25, -0.2) is 13.1 Å². The van der Waals surface area contributed by atoms with Gasteiger partial charge in [0.1, 0.15) is 0 Å². The van der Waals surface area contributed by atoms with Gasteiger partial charge >= 0.3 is 0 Å². The average molecular weight is 446 g/mol. The van der Waals surface area contributed by atoms with Gasteiger partial charge in [0.05, 0.1) is 15.6 Å². The van der Waals surface area contributed by atoms with E-state index in [-0.39, 0.29) is 10.8 Å². The fraction of sp³-hybridized carbons (Fsp3) is 0.182. The molecule has 2 N–H and O–H groups in total. The van der Waals surface area contributed by atoms with E-state index in [0.717, 1.165) is 0 Å². The summed E-state index contributed by atoms with van der Waals surface area (Å²) in [6, 6.07) is 16.3. The maximum atomic E-state index is 12.5. The molecule has 0 bridgehead atoms. The first-order chi connectivity index (χ1) is 14.3. The molecule has 0 atom stereocenters. The topological polar surface area (TPSA) is 88.2 Å². The van der Waals surface area contributed by atoms with Gasteiger partial charge in [0, 0.05) is 23.0 Å². The first-order valence-corrected chi connectivity index (χ1v) is 11.2. The van der Waals surface area contributed by atoms with Crippen molar-refractivity contribution in [3.63, 3.8) is 0 Å². The molecule has 1 amide bonds. The van der Waals surface area contributed by atoms with E-state index in [1.54, 1.807) is 30.5 Å². The van der Waals surface area contributed by atoms with Gasteiger partial charge in [-0.15, -0.1) is 0 Å². The van der Waals surface area contributed by atoms with Gasteiger partial charge in [-0.1, -0.05) is 37.9 Å². The Kier molecular flexibility index (Phi) is 8.53. The fourth-order valence-electron chi connectivity index (χ4n) is 2.43. The van der Waals surface area contributed by atoms with Crippen LogP contribution in [0.5, 0.6) is 0 Å². The summed E-state index contributed by atoms with van der Waals surface area (Å²) in [6.45, 7) is 4.25. The Balaban J connectivity index is 0.00000101. The molecule has 3 aromatic rings. The number of pyridine rings is 1. The molecule has 1 heterocycles. The Morgan fingerprint density at radius 2 is 1.70 bits per heavy atom. The molecule has 0 spiro atoms. The molecular formula is C22H24ClN3O3S. The van der Waals surface area contributed by atoms with E-state index in [1.165, 1.54) is 37.7 Å². The Bertz CT molecular complexity index is 1090. The highest BCUT2D eigenvalue weighted by molar-refractivity contribution is 7.89. The number of anilines is 1. The number of sulfonamides is 1. The third kappa shape index (κ3) is 6.13. The average Bonchev–Trinajstić information content (AvgIpc) is 2.76. The van der Waals surface area contributed by atoms with E-state index in [1.807, 2.05) is 12.1 Å². The van der Waals surface area contributed by atoms with Crippen LogP contribution in [0.15, 0.2) is 71.8 Å². The third-order valence-electron chi connectivity index (χ3n) is 3.86. The van der Waals surface area contributed by atoms with Crippen molar-refractivity contribution in [2.75, 3.05) is 12.4 Å². The molecular weight excluding hydrogens is 422 g/mol. The molecule has 30 heavy (non-hydrogen) atoms. The summed E-state index contributed by atoms with van der Waals surface area (Å²) in [4.78, 5) is 16.8. The van der Waals surface area contributed by atoms with Gasteiger partial charge < -0.3 is 5.32 Å². The second-order valence-electron chi connectivity index (χ2n) is 6.30. The minimum absolute atomic E-state index is 0.0884. The molecule has 0 aliphatic carbocycles. The number of aromatic nitrogens is 1. The lowest BCUT2D eigenvalue weighted by molar-refractivity contribution is 0.102. The summed E-state index contributed by atoms with van der Waals surface area (Å²) in [6.07, 6.45) is 2.91. The molecule has 3 rings (SSSR count). The zero-order valence-corrected chi connectivity index (χ0v) is 18.6. The summed E-state index contributed by atoms with van der Waals surface area (Å²) in [7, 11) is -2.21. The lowest BCUT2D eigenvalue weighted by Crippen LogP contribution is -2.19. The Morgan fingerprint density at radius 1 is 1.03 bits per heavy atom. The number of nitrogens with zero attached hydrogens (tertiary/aromatic N) is 1. The van der Waals surface area contributed by atoms with Crippen LogP contribution in [0, 0.1) is 0 Å². The van der Waals surface area contributed by atoms with Crippen molar-refractivity contribution < 1.29 is 13.2 Å². The minimum atomic E-state index is -3.54. The smallest absolute Gasteiger partial charge is 0.255 e. The zero-order chi connectivity index (χ0) is 22.1. The molecule has 158 valence electrons. The first-order valence-electron chi connectivity index (χ1n) is 9.38. The van der Waals surface area contributed by atoms with Gasteiger partial charge in [0.25, 0.3) is 5.91 Å². The van der Waals surface area contributed by atoms with Gasteiger partial charge in [-0.3, -0.25) is 9.78 Å². The second kappa shape index (κ2) is 10.9. The molecule has 8 heteroatoms. The quantitative estimate of drug-likeness (QED) is 0.579. The zero-order valence-electron chi connectivity index (χ0n) is 17.0. The molecule has 0 aliphatic rings. The minimum Gasteiger partial charge on any atom is -0.322 e. The number of nitrogens with one attached hydrogen (secondary N) is 2. The highest BCUT2D eigenvalue weighted by Gasteiger charge is 2.13. The largest absolute Gasteiger partial charge is 0.322 e. The third-order valence-corrected chi connectivity index (χ3v) is 5.62.